The molecule has 0 amide bonds. The van der Waals surface area contributed by atoms with Crippen LogP contribution in [0.4, 0.5) is 10.8 Å². The van der Waals surface area contributed by atoms with Gasteiger partial charge in [0.25, 0.3) is 0 Å². The number of nitrogens with zero attached hydrogens (tertiary/aromatic N) is 1. The lowest BCUT2D eigenvalue weighted by atomic mass is 10.3. The van der Waals surface area contributed by atoms with Gasteiger partial charge >= 0.3 is 0 Å². The van der Waals surface area contributed by atoms with E-state index in [1.807, 2.05) is 6.92 Å². The minimum absolute atomic E-state index is 0.122. The molecular weight excluding hydrogens is 162 g/mol. The van der Waals surface area contributed by atoms with E-state index in [1.165, 1.54) is 11.5 Å². The molecule has 0 saturated carbocycles. The highest BCUT2D eigenvalue weighted by molar-refractivity contribution is 7.10. The van der Waals surface area contributed by atoms with Crippen molar-refractivity contribution in [3.05, 3.63) is 5.56 Å². The highest BCUT2D eigenvalue weighted by Crippen LogP contribution is 2.24. The Morgan fingerprint density at radius 3 is 2.91 bits per heavy atom. The quantitative estimate of drug-likeness (QED) is 0.620. The summed E-state index contributed by atoms with van der Waals surface area (Å²) in [5.41, 5.74) is 6.47. The Morgan fingerprint density at radius 1 is 1.73 bits per heavy atom. The van der Waals surface area contributed by atoms with Gasteiger partial charge in [0.05, 0.1) is 6.61 Å². The topological polar surface area (TPSA) is 71.2 Å². The van der Waals surface area contributed by atoms with E-state index in [9.17, 15) is 0 Å². The summed E-state index contributed by atoms with van der Waals surface area (Å²) in [6.45, 7) is 2.57. The van der Waals surface area contributed by atoms with Crippen LogP contribution in [0.15, 0.2) is 0 Å². The van der Waals surface area contributed by atoms with E-state index in [2.05, 4.69) is 9.69 Å². The van der Waals surface area contributed by atoms with Crippen LogP contribution in [0.25, 0.3) is 0 Å². The lowest BCUT2D eigenvalue weighted by Crippen LogP contribution is -2.04. The van der Waals surface area contributed by atoms with Gasteiger partial charge in [0.2, 0.25) is 0 Å². The third-order valence-electron chi connectivity index (χ3n) is 1.36. The van der Waals surface area contributed by atoms with Crippen molar-refractivity contribution in [1.82, 2.24) is 4.37 Å². The highest BCUT2D eigenvalue weighted by Gasteiger charge is 2.04. The van der Waals surface area contributed by atoms with Gasteiger partial charge in [0.1, 0.15) is 10.8 Å². The van der Waals surface area contributed by atoms with Gasteiger partial charge in [-0.3, -0.25) is 0 Å². The van der Waals surface area contributed by atoms with Crippen LogP contribution in [0.5, 0.6) is 0 Å². The van der Waals surface area contributed by atoms with E-state index in [0.29, 0.717) is 12.4 Å². The number of nitrogen functional groups attached to an aromatic ring is 1. The summed E-state index contributed by atoms with van der Waals surface area (Å²) in [6.07, 6.45) is 0. The number of nitrogens with two attached hydrogens (primary N) is 1. The third-order valence-corrected chi connectivity index (χ3v) is 2.28. The van der Waals surface area contributed by atoms with Crippen molar-refractivity contribution in [1.29, 1.82) is 0 Å². The van der Waals surface area contributed by atoms with Crippen LogP contribution in [0, 0.1) is 6.92 Å². The van der Waals surface area contributed by atoms with Crippen molar-refractivity contribution < 1.29 is 5.11 Å². The first-order valence-corrected chi connectivity index (χ1v) is 4.09. The SMILES string of the molecule is Cc1c(N)nsc1NCCO. The molecule has 1 aromatic rings. The molecule has 0 bridgehead atoms. The van der Waals surface area contributed by atoms with Crippen molar-refractivity contribution >= 4 is 22.4 Å². The van der Waals surface area contributed by atoms with Crippen molar-refractivity contribution in [2.45, 2.75) is 6.92 Å². The number of hydrogen-bond acceptors (Lipinski definition) is 5. The Bertz CT molecular complexity index is 236. The Morgan fingerprint density at radius 2 is 2.45 bits per heavy atom. The smallest absolute Gasteiger partial charge is 0.142 e. The van der Waals surface area contributed by atoms with Crippen LogP contribution < -0.4 is 11.1 Å². The standard InChI is InChI=1S/C6H11N3OS/c1-4-5(7)9-11-6(4)8-2-3-10/h8,10H,2-3H2,1H3,(H2,7,9). The van der Waals surface area contributed by atoms with Gasteiger partial charge in [0, 0.05) is 12.1 Å². The fourth-order valence-electron chi connectivity index (χ4n) is 0.682. The van der Waals surface area contributed by atoms with Crippen molar-refractivity contribution in [3.8, 4) is 0 Å². The summed E-state index contributed by atoms with van der Waals surface area (Å²) < 4.78 is 3.94. The number of aliphatic hydroxyl groups excluding tert-OH is 1. The van der Waals surface area contributed by atoms with Gasteiger partial charge in [-0.2, -0.15) is 4.37 Å². The molecule has 4 N–H and O–H groups in total. The number of hydrogen-bond donors (Lipinski definition) is 3. The normalized spacial score (nSPS) is 10.0. The maximum atomic E-state index is 8.52. The molecule has 1 heterocycles. The maximum absolute atomic E-state index is 8.52. The highest BCUT2D eigenvalue weighted by atomic mass is 32.1. The average molecular weight is 173 g/mol. The van der Waals surface area contributed by atoms with E-state index in [-0.39, 0.29) is 6.61 Å². The zero-order valence-corrected chi connectivity index (χ0v) is 7.11. The number of aliphatic hydroxyl groups is 1. The Labute approximate surface area is 69.2 Å². The summed E-state index contributed by atoms with van der Waals surface area (Å²) in [5.74, 6) is 0.565. The molecule has 0 aromatic carbocycles. The van der Waals surface area contributed by atoms with Crippen LogP contribution >= 0.6 is 11.5 Å². The first-order valence-electron chi connectivity index (χ1n) is 3.32. The van der Waals surface area contributed by atoms with Gasteiger partial charge in [-0.15, -0.1) is 0 Å². The van der Waals surface area contributed by atoms with Crippen LogP contribution in [0.2, 0.25) is 0 Å². The molecule has 62 valence electrons. The number of nitrogens with one attached hydrogen (secondary N) is 1. The van der Waals surface area contributed by atoms with Gasteiger partial charge in [-0.1, -0.05) is 0 Å². The van der Waals surface area contributed by atoms with E-state index in [1.54, 1.807) is 0 Å². The second-order valence-electron chi connectivity index (χ2n) is 2.17. The number of rotatable bonds is 3. The molecule has 0 atom stereocenters. The molecular formula is C6H11N3OS. The summed E-state index contributed by atoms with van der Waals surface area (Å²) in [7, 11) is 0. The minimum atomic E-state index is 0.122. The van der Waals surface area contributed by atoms with E-state index >= 15 is 0 Å². The lowest BCUT2D eigenvalue weighted by Gasteiger charge is -1.99. The molecule has 11 heavy (non-hydrogen) atoms. The molecule has 4 nitrogen and oxygen atoms in total. The summed E-state index contributed by atoms with van der Waals surface area (Å²) in [4.78, 5) is 0. The second kappa shape index (κ2) is 3.54. The van der Waals surface area contributed by atoms with Crippen molar-refractivity contribution in [2.75, 3.05) is 24.2 Å². The van der Waals surface area contributed by atoms with Crippen molar-refractivity contribution in [2.24, 2.45) is 0 Å². The molecule has 5 heteroatoms. The molecule has 1 aromatic heterocycles. The molecule has 1 rings (SSSR count). The zero-order valence-electron chi connectivity index (χ0n) is 6.29. The van der Waals surface area contributed by atoms with E-state index in [0.717, 1.165) is 10.6 Å². The number of anilines is 2. The van der Waals surface area contributed by atoms with E-state index < -0.39 is 0 Å². The first-order chi connectivity index (χ1) is 5.25. The fraction of sp³-hybridized carbons (Fsp3) is 0.500. The fourth-order valence-corrected chi connectivity index (χ4v) is 1.42. The maximum Gasteiger partial charge on any atom is 0.142 e. The molecule has 0 aliphatic carbocycles. The second-order valence-corrected chi connectivity index (χ2v) is 2.95. The molecule has 0 aliphatic heterocycles. The van der Waals surface area contributed by atoms with Gasteiger partial charge < -0.3 is 16.2 Å². The van der Waals surface area contributed by atoms with Crippen LogP contribution in [-0.2, 0) is 0 Å². The zero-order chi connectivity index (χ0) is 8.27. The van der Waals surface area contributed by atoms with Crippen molar-refractivity contribution in [3.63, 3.8) is 0 Å². The molecule has 0 radical (unpaired) electrons. The van der Waals surface area contributed by atoms with Gasteiger partial charge in [0.15, 0.2) is 0 Å². The molecule has 0 aliphatic rings. The Hall–Kier alpha value is -0.810. The average Bonchev–Trinajstić information content (AvgIpc) is 2.31. The molecule has 0 unspecified atom stereocenters. The molecule has 0 saturated heterocycles. The summed E-state index contributed by atoms with van der Waals surface area (Å²) >= 11 is 1.32. The van der Waals surface area contributed by atoms with Gasteiger partial charge in [-0.25, -0.2) is 0 Å². The van der Waals surface area contributed by atoms with E-state index in [4.69, 9.17) is 10.8 Å². The lowest BCUT2D eigenvalue weighted by molar-refractivity contribution is 0.311. The minimum Gasteiger partial charge on any atom is -0.395 e. The predicted octanol–water partition coefficient (Wildman–Crippen LogP) is 0.438. The monoisotopic (exact) mass is 173 g/mol. The largest absolute Gasteiger partial charge is 0.395 e. The van der Waals surface area contributed by atoms with Crippen LogP contribution in [0.3, 0.4) is 0 Å². The summed E-state index contributed by atoms with van der Waals surface area (Å²) in [5, 5.41) is 12.5. The van der Waals surface area contributed by atoms with Crippen LogP contribution in [-0.4, -0.2) is 22.6 Å². The third kappa shape index (κ3) is 1.81. The Balaban J connectivity index is 2.63. The number of aromatic nitrogens is 1. The molecule has 0 spiro atoms. The first kappa shape index (κ1) is 8.29. The Kier molecular flexibility index (Phi) is 2.67. The predicted molar refractivity (Wildman–Crippen MR) is 46.8 cm³/mol. The van der Waals surface area contributed by atoms with Crippen LogP contribution in [0.1, 0.15) is 5.56 Å². The van der Waals surface area contributed by atoms with Gasteiger partial charge in [-0.05, 0) is 18.5 Å². The molecule has 0 fully saturated rings. The summed E-state index contributed by atoms with van der Waals surface area (Å²) in [6, 6.07) is 0.